The molecule has 0 aliphatic carbocycles. The van der Waals surface area contributed by atoms with Crippen molar-refractivity contribution in [1.29, 1.82) is 0 Å². The topological polar surface area (TPSA) is 41.1 Å². The molecule has 112 valence electrons. The molecule has 21 heavy (non-hydrogen) atoms. The van der Waals surface area contributed by atoms with Crippen LogP contribution in [-0.4, -0.2) is 19.5 Å². The predicted molar refractivity (Wildman–Crippen MR) is 88.9 cm³/mol. The van der Waals surface area contributed by atoms with E-state index in [4.69, 9.17) is 0 Å². The second kappa shape index (κ2) is 6.87. The van der Waals surface area contributed by atoms with Crippen molar-refractivity contribution in [2.75, 3.05) is 13.6 Å². The number of benzene rings is 1. The molecule has 0 saturated carbocycles. The second-order valence-electron chi connectivity index (χ2n) is 5.74. The number of rotatable bonds is 6. The van der Waals surface area contributed by atoms with E-state index in [2.05, 4.69) is 42.0 Å². The van der Waals surface area contributed by atoms with Gasteiger partial charge in [0.05, 0.1) is 0 Å². The number of thiophene rings is 1. The Morgan fingerprint density at radius 1 is 1.19 bits per heavy atom. The Morgan fingerprint density at radius 2 is 1.90 bits per heavy atom. The Balaban J connectivity index is 1.87. The van der Waals surface area contributed by atoms with Crippen molar-refractivity contribution in [2.45, 2.75) is 25.8 Å². The van der Waals surface area contributed by atoms with Gasteiger partial charge in [0.15, 0.2) is 0 Å². The van der Waals surface area contributed by atoms with Crippen molar-refractivity contribution < 1.29 is 4.79 Å². The summed E-state index contributed by atoms with van der Waals surface area (Å²) in [7, 11) is 1.64. The molecule has 3 nitrogen and oxygen atoms in total. The minimum atomic E-state index is -0.0478. The van der Waals surface area contributed by atoms with E-state index in [0.29, 0.717) is 5.56 Å². The highest BCUT2D eigenvalue weighted by atomic mass is 32.1. The van der Waals surface area contributed by atoms with Gasteiger partial charge in [-0.05, 0) is 29.1 Å². The minimum absolute atomic E-state index is 0.0478. The molecule has 0 atom stereocenters. The number of hydrogen-bond acceptors (Lipinski definition) is 3. The van der Waals surface area contributed by atoms with Crippen molar-refractivity contribution in [1.82, 2.24) is 10.6 Å². The molecule has 1 aromatic carbocycles. The standard InChI is InChI=1S/C17H22N2OS/c1-17(2,15-5-4-10-21-15)12-19-11-13-6-8-14(9-7-13)16(20)18-3/h4-10,19H,11-12H2,1-3H3,(H,18,20). The summed E-state index contributed by atoms with van der Waals surface area (Å²) >= 11 is 1.80. The Hall–Kier alpha value is -1.65. The summed E-state index contributed by atoms with van der Waals surface area (Å²) in [4.78, 5) is 12.9. The van der Waals surface area contributed by atoms with E-state index in [1.165, 1.54) is 10.4 Å². The smallest absolute Gasteiger partial charge is 0.251 e. The van der Waals surface area contributed by atoms with Crippen LogP contribution < -0.4 is 10.6 Å². The van der Waals surface area contributed by atoms with Gasteiger partial charge in [0.2, 0.25) is 0 Å². The van der Waals surface area contributed by atoms with Crippen molar-refractivity contribution in [3.05, 3.63) is 57.8 Å². The van der Waals surface area contributed by atoms with Crippen LogP contribution in [0.25, 0.3) is 0 Å². The summed E-state index contributed by atoms with van der Waals surface area (Å²) in [5.74, 6) is -0.0478. The van der Waals surface area contributed by atoms with Gasteiger partial charge in [-0.1, -0.05) is 32.0 Å². The summed E-state index contributed by atoms with van der Waals surface area (Å²) < 4.78 is 0. The zero-order chi connectivity index (χ0) is 15.3. The SMILES string of the molecule is CNC(=O)c1ccc(CNCC(C)(C)c2cccs2)cc1. The van der Waals surface area contributed by atoms with Crippen LogP contribution in [0.2, 0.25) is 0 Å². The Kier molecular flexibility index (Phi) is 5.15. The maximum absolute atomic E-state index is 11.5. The largest absolute Gasteiger partial charge is 0.355 e. The lowest BCUT2D eigenvalue weighted by Crippen LogP contribution is -2.31. The van der Waals surface area contributed by atoms with Gasteiger partial charge >= 0.3 is 0 Å². The molecule has 0 radical (unpaired) electrons. The van der Waals surface area contributed by atoms with Gasteiger partial charge in [0.1, 0.15) is 0 Å². The fraction of sp³-hybridized carbons (Fsp3) is 0.353. The first-order chi connectivity index (χ1) is 10.0. The summed E-state index contributed by atoms with van der Waals surface area (Å²) in [6.45, 7) is 6.23. The normalized spacial score (nSPS) is 11.4. The summed E-state index contributed by atoms with van der Waals surface area (Å²) in [6, 6.07) is 12.0. The molecule has 0 saturated heterocycles. The first-order valence-corrected chi connectivity index (χ1v) is 7.96. The van der Waals surface area contributed by atoms with Crippen LogP contribution in [0.5, 0.6) is 0 Å². The lowest BCUT2D eigenvalue weighted by atomic mass is 9.91. The van der Waals surface area contributed by atoms with Gasteiger partial charge in [-0.3, -0.25) is 4.79 Å². The van der Waals surface area contributed by atoms with Crippen LogP contribution in [-0.2, 0) is 12.0 Å². The van der Waals surface area contributed by atoms with E-state index in [0.717, 1.165) is 13.1 Å². The van der Waals surface area contributed by atoms with Crippen molar-refractivity contribution >= 4 is 17.2 Å². The highest BCUT2D eigenvalue weighted by Crippen LogP contribution is 2.26. The van der Waals surface area contributed by atoms with E-state index in [1.807, 2.05) is 24.3 Å². The summed E-state index contributed by atoms with van der Waals surface area (Å²) in [5.41, 5.74) is 2.01. The molecule has 0 aliphatic heterocycles. The van der Waals surface area contributed by atoms with E-state index >= 15 is 0 Å². The number of amides is 1. The monoisotopic (exact) mass is 302 g/mol. The Bertz CT molecular complexity index is 573. The number of carbonyl (C=O) groups is 1. The van der Waals surface area contributed by atoms with E-state index in [1.54, 1.807) is 18.4 Å². The Labute approximate surface area is 130 Å². The average molecular weight is 302 g/mol. The van der Waals surface area contributed by atoms with Crippen molar-refractivity contribution in [3.8, 4) is 0 Å². The van der Waals surface area contributed by atoms with Crippen LogP contribution in [0.4, 0.5) is 0 Å². The van der Waals surface area contributed by atoms with Crippen LogP contribution >= 0.6 is 11.3 Å². The second-order valence-corrected chi connectivity index (χ2v) is 6.69. The number of carbonyl (C=O) groups excluding carboxylic acids is 1. The van der Waals surface area contributed by atoms with Crippen LogP contribution in [0, 0.1) is 0 Å². The summed E-state index contributed by atoms with van der Waals surface area (Å²) in [6.07, 6.45) is 0. The van der Waals surface area contributed by atoms with E-state index in [-0.39, 0.29) is 11.3 Å². The van der Waals surface area contributed by atoms with Gasteiger partial charge in [-0.25, -0.2) is 0 Å². The third-order valence-corrected chi connectivity index (χ3v) is 4.76. The van der Waals surface area contributed by atoms with Crippen molar-refractivity contribution in [3.63, 3.8) is 0 Å². The molecule has 1 amide bonds. The third-order valence-electron chi connectivity index (χ3n) is 3.53. The average Bonchev–Trinajstić information content (AvgIpc) is 3.02. The quantitative estimate of drug-likeness (QED) is 0.860. The molecule has 0 bridgehead atoms. The highest BCUT2D eigenvalue weighted by Gasteiger charge is 2.20. The Morgan fingerprint density at radius 3 is 2.48 bits per heavy atom. The first kappa shape index (κ1) is 15.7. The molecule has 2 N–H and O–H groups in total. The first-order valence-electron chi connectivity index (χ1n) is 7.08. The molecule has 0 aliphatic rings. The molecule has 1 aromatic heterocycles. The molecule has 0 spiro atoms. The molecule has 0 unspecified atom stereocenters. The molecular formula is C17H22N2OS. The fourth-order valence-corrected chi connectivity index (χ4v) is 3.04. The maximum Gasteiger partial charge on any atom is 0.251 e. The molecule has 1 heterocycles. The minimum Gasteiger partial charge on any atom is -0.355 e. The van der Waals surface area contributed by atoms with E-state index in [9.17, 15) is 4.79 Å². The van der Waals surface area contributed by atoms with Crippen molar-refractivity contribution in [2.24, 2.45) is 0 Å². The number of hydrogen-bond donors (Lipinski definition) is 2. The van der Waals surface area contributed by atoms with Crippen LogP contribution in [0.15, 0.2) is 41.8 Å². The lowest BCUT2D eigenvalue weighted by molar-refractivity contribution is 0.0963. The van der Waals surface area contributed by atoms with Gasteiger partial charge < -0.3 is 10.6 Å². The van der Waals surface area contributed by atoms with Crippen LogP contribution in [0.1, 0.15) is 34.6 Å². The molecule has 4 heteroatoms. The lowest BCUT2D eigenvalue weighted by Gasteiger charge is -2.23. The highest BCUT2D eigenvalue weighted by molar-refractivity contribution is 7.10. The summed E-state index contributed by atoms with van der Waals surface area (Å²) in [5, 5.41) is 8.24. The predicted octanol–water partition coefficient (Wildman–Crippen LogP) is 3.18. The van der Waals surface area contributed by atoms with Gasteiger partial charge in [0.25, 0.3) is 5.91 Å². The van der Waals surface area contributed by atoms with Crippen LogP contribution in [0.3, 0.4) is 0 Å². The molecule has 2 rings (SSSR count). The zero-order valence-corrected chi connectivity index (χ0v) is 13.6. The van der Waals surface area contributed by atoms with Gasteiger partial charge in [0, 0.05) is 36.0 Å². The zero-order valence-electron chi connectivity index (χ0n) is 12.8. The molecule has 2 aromatic rings. The van der Waals surface area contributed by atoms with Gasteiger partial charge in [-0.15, -0.1) is 11.3 Å². The maximum atomic E-state index is 11.5. The van der Waals surface area contributed by atoms with E-state index < -0.39 is 0 Å². The number of nitrogens with one attached hydrogen (secondary N) is 2. The van der Waals surface area contributed by atoms with Gasteiger partial charge in [-0.2, -0.15) is 0 Å². The fourth-order valence-electron chi connectivity index (χ4n) is 2.19. The molecular weight excluding hydrogens is 280 g/mol. The third kappa shape index (κ3) is 4.16. The molecule has 0 fully saturated rings.